The van der Waals surface area contributed by atoms with E-state index in [1.54, 1.807) is 30.3 Å². The number of H-pyrrole nitrogens is 1. The van der Waals surface area contributed by atoms with Crippen molar-refractivity contribution in [2.75, 3.05) is 5.32 Å². The van der Waals surface area contributed by atoms with Gasteiger partial charge in [-0.3, -0.25) is 9.59 Å². The van der Waals surface area contributed by atoms with Gasteiger partial charge in [0, 0.05) is 29.1 Å². The van der Waals surface area contributed by atoms with Crippen LogP contribution >= 0.6 is 0 Å². The number of rotatable bonds is 5. The topological polar surface area (TPSA) is 88.3 Å². The molecule has 6 heteroatoms. The quantitative estimate of drug-likeness (QED) is 0.544. The minimum Gasteiger partial charge on any atom is -0.450 e. The molecule has 0 saturated carbocycles. The van der Waals surface area contributed by atoms with Gasteiger partial charge in [0.15, 0.2) is 6.10 Å². The van der Waals surface area contributed by atoms with E-state index in [0.29, 0.717) is 16.9 Å². The van der Waals surface area contributed by atoms with Gasteiger partial charge in [-0.2, -0.15) is 0 Å². The van der Waals surface area contributed by atoms with Crippen molar-refractivity contribution in [2.45, 2.75) is 20.0 Å². The minimum atomic E-state index is -0.930. The number of carbonyl (C=O) groups is 3. The zero-order valence-corrected chi connectivity index (χ0v) is 14.4. The monoisotopic (exact) mass is 350 g/mol. The second-order valence-electron chi connectivity index (χ2n) is 5.94. The first kappa shape index (κ1) is 17.4. The van der Waals surface area contributed by atoms with Crippen molar-refractivity contribution in [3.05, 3.63) is 65.9 Å². The number of fused-ring (bicyclic) bond motifs is 1. The second kappa shape index (κ2) is 7.23. The van der Waals surface area contributed by atoms with Crippen molar-refractivity contribution >= 4 is 34.3 Å². The van der Waals surface area contributed by atoms with Crippen LogP contribution in [0.5, 0.6) is 0 Å². The summed E-state index contributed by atoms with van der Waals surface area (Å²) in [6.45, 7) is 2.94. The van der Waals surface area contributed by atoms with Crippen LogP contribution < -0.4 is 5.32 Å². The normalized spacial score (nSPS) is 11.8. The fourth-order valence-corrected chi connectivity index (χ4v) is 2.62. The molecule has 1 atom stereocenters. The van der Waals surface area contributed by atoms with E-state index < -0.39 is 12.1 Å². The van der Waals surface area contributed by atoms with E-state index in [1.165, 1.54) is 13.8 Å². The average molecular weight is 350 g/mol. The van der Waals surface area contributed by atoms with Crippen molar-refractivity contribution in [3.8, 4) is 0 Å². The van der Waals surface area contributed by atoms with Gasteiger partial charge in [0.1, 0.15) is 5.69 Å². The number of anilines is 1. The summed E-state index contributed by atoms with van der Waals surface area (Å²) in [6.07, 6.45) is -0.930. The molecule has 0 radical (unpaired) electrons. The number of ketones is 1. The largest absolute Gasteiger partial charge is 0.450 e. The molecule has 132 valence electrons. The van der Waals surface area contributed by atoms with Crippen LogP contribution in [0, 0.1) is 0 Å². The third-order valence-electron chi connectivity index (χ3n) is 3.89. The van der Waals surface area contributed by atoms with Crippen molar-refractivity contribution in [2.24, 2.45) is 0 Å². The molecular weight excluding hydrogens is 332 g/mol. The zero-order chi connectivity index (χ0) is 18.7. The van der Waals surface area contributed by atoms with Crippen LogP contribution in [0.15, 0.2) is 54.6 Å². The third-order valence-corrected chi connectivity index (χ3v) is 3.89. The summed E-state index contributed by atoms with van der Waals surface area (Å²) < 4.78 is 5.29. The van der Waals surface area contributed by atoms with Gasteiger partial charge in [-0.1, -0.05) is 18.2 Å². The number of para-hydroxylation sites is 1. The highest BCUT2D eigenvalue weighted by Gasteiger charge is 2.21. The number of hydrogen-bond donors (Lipinski definition) is 2. The molecule has 6 nitrogen and oxygen atoms in total. The molecule has 26 heavy (non-hydrogen) atoms. The Kier molecular flexibility index (Phi) is 4.84. The highest BCUT2D eigenvalue weighted by atomic mass is 16.5. The molecule has 0 aliphatic carbocycles. The summed E-state index contributed by atoms with van der Waals surface area (Å²) in [5, 5.41) is 3.52. The fourth-order valence-electron chi connectivity index (χ4n) is 2.62. The Balaban J connectivity index is 1.68. The molecule has 0 aliphatic heterocycles. The van der Waals surface area contributed by atoms with Gasteiger partial charge >= 0.3 is 5.97 Å². The van der Waals surface area contributed by atoms with Gasteiger partial charge in [-0.25, -0.2) is 4.79 Å². The highest BCUT2D eigenvalue weighted by molar-refractivity contribution is 6.02. The van der Waals surface area contributed by atoms with Crippen molar-refractivity contribution in [1.29, 1.82) is 0 Å². The van der Waals surface area contributed by atoms with Crippen LogP contribution in [0.1, 0.15) is 34.7 Å². The maximum absolute atomic E-state index is 12.4. The number of ether oxygens (including phenoxy) is 1. The first-order chi connectivity index (χ1) is 12.4. The number of aromatic amines is 1. The summed E-state index contributed by atoms with van der Waals surface area (Å²) >= 11 is 0. The van der Waals surface area contributed by atoms with E-state index in [2.05, 4.69) is 10.3 Å². The van der Waals surface area contributed by atoms with Gasteiger partial charge in [0.05, 0.1) is 0 Å². The fraction of sp³-hybridized carbons (Fsp3) is 0.150. The first-order valence-corrected chi connectivity index (χ1v) is 8.14. The van der Waals surface area contributed by atoms with Crippen LogP contribution in [0.4, 0.5) is 5.69 Å². The van der Waals surface area contributed by atoms with E-state index >= 15 is 0 Å². The number of amides is 1. The lowest BCUT2D eigenvalue weighted by atomic mass is 10.1. The lowest BCUT2D eigenvalue weighted by Gasteiger charge is -2.12. The predicted octanol–water partition coefficient (Wildman–Crippen LogP) is 3.55. The Morgan fingerprint density at radius 1 is 1.04 bits per heavy atom. The number of aromatic nitrogens is 1. The zero-order valence-electron chi connectivity index (χ0n) is 14.4. The molecule has 0 spiro atoms. The highest BCUT2D eigenvalue weighted by Crippen LogP contribution is 2.17. The van der Waals surface area contributed by atoms with Crippen molar-refractivity contribution < 1.29 is 19.1 Å². The Hall–Kier alpha value is -3.41. The Bertz CT molecular complexity index is 940. The number of Topliss-reactive ketones (excluding diaryl/α,β-unsaturated/α-hetero) is 1. The molecule has 2 N–H and O–H groups in total. The van der Waals surface area contributed by atoms with Crippen LogP contribution in [-0.2, 0) is 9.53 Å². The van der Waals surface area contributed by atoms with Crippen molar-refractivity contribution in [1.82, 2.24) is 4.98 Å². The molecule has 0 fully saturated rings. The molecular formula is C20H18N2O4. The Labute approximate surface area is 150 Å². The second-order valence-corrected chi connectivity index (χ2v) is 5.94. The van der Waals surface area contributed by atoms with Gasteiger partial charge < -0.3 is 15.0 Å². The van der Waals surface area contributed by atoms with E-state index in [0.717, 1.165) is 10.9 Å². The van der Waals surface area contributed by atoms with E-state index in [9.17, 15) is 14.4 Å². The SMILES string of the molecule is CC(=O)Nc1ccc(C(=O)C(C)OC(=O)c2cc3ccccc3[nH]2)cc1. The van der Waals surface area contributed by atoms with Gasteiger partial charge in [-0.05, 0) is 43.3 Å². The predicted molar refractivity (Wildman–Crippen MR) is 98.3 cm³/mol. The minimum absolute atomic E-state index is 0.190. The molecule has 3 rings (SSSR count). The smallest absolute Gasteiger partial charge is 0.355 e. The summed E-state index contributed by atoms with van der Waals surface area (Å²) in [4.78, 5) is 38.7. The van der Waals surface area contributed by atoms with Crippen molar-refractivity contribution in [3.63, 3.8) is 0 Å². The number of esters is 1. The van der Waals surface area contributed by atoms with Gasteiger partial charge in [-0.15, -0.1) is 0 Å². The van der Waals surface area contributed by atoms with Gasteiger partial charge in [0.25, 0.3) is 0 Å². The van der Waals surface area contributed by atoms with Crippen LogP contribution in [0.25, 0.3) is 10.9 Å². The molecule has 1 unspecified atom stereocenters. The molecule has 0 saturated heterocycles. The maximum Gasteiger partial charge on any atom is 0.355 e. The van der Waals surface area contributed by atoms with E-state index in [1.807, 2.05) is 24.3 Å². The lowest BCUT2D eigenvalue weighted by molar-refractivity contribution is -0.114. The Morgan fingerprint density at radius 3 is 2.38 bits per heavy atom. The van der Waals surface area contributed by atoms with E-state index in [4.69, 9.17) is 4.74 Å². The Morgan fingerprint density at radius 2 is 1.73 bits per heavy atom. The molecule has 1 amide bonds. The number of benzene rings is 2. The summed E-state index contributed by atoms with van der Waals surface area (Å²) in [7, 11) is 0. The summed E-state index contributed by atoms with van der Waals surface area (Å²) in [5.41, 5.74) is 2.12. The number of hydrogen-bond acceptors (Lipinski definition) is 4. The first-order valence-electron chi connectivity index (χ1n) is 8.14. The lowest BCUT2D eigenvalue weighted by Crippen LogP contribution is -2.24. The average Bonchev–Trinajstić information content (AvgIpc) is 3.05. The molecule has 1 heterocycles. The molecule has 0 bridgehead atoms. The summed E-state index contributed by atoms with van der Waals surface area (Å²) in [5.74, 6) is -1.09. The number of nitrogens with one attached hydrogen (secondary N) is 2. The molecule has 2 aromatic carbocycles. The molecule has 0 aliphatic rings. The molecule has 3 aromatic rings. The third kappa shape index (κ3) is 3.80. The number of carbonyl (C=O) groups excluding carboxylic acids is 3. The maximum atomic E-state index is 12.4. The van der Waals surface area contributed by atoms with Crippen LogP contribution in [0.3, 0.4) is 0 Å². The van der Waals surface area contributed by atoms with Gasteiger partial charge in [0.2, 0.25) is 11.7 Å². The standard InChI is InChI=1S/C20H18N2O4/c1-12(19(24)14-7-9-16(10-8-14)21-13(2)23)26-20(25)18-11-15-5-3-4-6-17(15)22-18/h3-12,22H,1-2H3,(H,21,23). The molecule has 1 aromatic heterocycles. The van der Waals surface area contributed by atoms with Crippen LogP contribution in [-0.4, -0.2) is 28.7 Å². The summed E-state index contributed by atoms with van der Waals surface area (Å²) in [6, 6.07) is 15.6. The van der Waals surface area contributed by atoms with Crippen LogP contribution in [0.2, 0.25) is 0 Å². The van der Waals surface area contributed by atoms with E-state index in [-0.39, 0.29) is 11.7 Å².